The lowest BCUT2D eigenvalue weighted by Gasteiger charge is -2.18. The molecule has 1 unspecified atom stereocenters. The Hall–Kier alpha value is -2.89. The summed E-state index contributed by atoms with van der Waals surface area (Å²) < 4.78 is 16.9. The van der Waals surface area contributed by atoms with Crippen LogP contribution in [0.5, 0.6) is 0 Å². The van der Waals surface area contributed by atoms with Gasteiger partial charge in [-0.3, -0.25) is 14.4 Å². The first-order valence-corrected chi connectivity index (χ1v) is 36.3. The molecular weight excluding hydrogens is 1010 g/mol. The third-order valence-corrected chi connectivity index (χ3v) is 16.3. The predicted octanol–water partition coefficient (Wildman–Crippen LogP) is 25.1. The maximum Gasteiger partial charge on any atom is 0.306 e. The monoisotopic (exact) mass is 1150 g/mol. The third-order valence-electron chi connectivity index (χ3n) is 16.3. The average Bonchev–Trinajstić information content (AvgIpc) is 3.48. The van der Waals surface area contributed by atoms with Crippen LogP contribution in [-0.2, 0) is 28.6 Å². The Morgan fingerprint density at radius 1 is 0.256 bits per heavy atom. The van der Waals surface area contributed by atoms with Crippen molar-refractivity contribution in [3.05, 3.63) is 60.8 Å². The number of carbonyl (C=O) groups is 3. The van der Waals surface area contributed by atoms with Gasteiger partial charge in [0.05, 0.1) is 0 Å². The van der Waals surface area contributed by atoms with Crippen molar-refractivity contribution in [2.45, 2.75) is 393 Å². The molecule has 0 heterocycles. The minimum Gasteiger partial charge on any atom is -0.462 e. The molecule has 0 aromatic carbocycles. The van der Waals surface area contributed by atoms with E-state index < -0.39 is 6.10 Å². The van der Waals surface area contributed by atoms with Gasteiger partial charge in [0.25, 0.3) is 0 Å². The van der Waals surface area contributed by atoms with Gasteiger partial charge in [0.1, 0.15) is 13.2 Å². The van der Waals surface area contributed by atoms with E-state index in [4.69, 9.17) is 14.2 Å². The van der Waals surface area contributed by atoms with Crippen molar-refractivity contribution >= 4 is 17.9 Å². The number of rotatable bonds is 67. The van der Waals surface area contributed by atoms with E-state index in [1.54, 1.807) is 0 Å². The third kappa shape index (κ3) is 67.9. The summed E-state index contributed by atoms with van der Waals surface area (Å²) in [6.07, 6.45) is 91.5. The van der Waals surface area contributed by atoms with Crippen LogP contribution in [0.3, 0.4) is 0 Å². The molecule has 0 aliphatic carbocycles. The smallest absolute Gasteiger partial charge is 0.306 e. The Morgan fingerprint density at radius 3 is 0.744 bits per heavy atom. The zero-order chi connectivity index (χ0) is 59.2. The van der Waals surface area contributed by atoms with E-state index in [0.29, 0.717) is 19.3 Å². The van der Waals surface area contributed by atoms with Crippen LogP contribution in [0.2, 0.25) is 0 Å². The summed E-state index contributed by atoms with van der Waals surface area (Å²) in [5.41, 5.74) is 0. The van der Waals surface area contributed by atoms with Crippen LogP contribution in [-0.4, -0.2) is 37.2 Å². The van der Waals surface area contributed by atoms with E-state index in [2.05, 4.69) is 81.5 Å². The molecule has 6 nitrogen and oxygen atoms in total. The van der Waals surface area contributed by atoms with Crippen molar-refractivity contribution in [3.63, 3.8) is 0 Å². The van der Waals surface area contributed by atoms with Gasteiger partial charge in [-0.1, -0.05) is 364 Å². The minimum atomic E-state index is -0.768. The molecule has 0 fully saturated rings. The van der Waals surface area contributed by atoms with Gasteiger partial charge in [0, 0.05) is 19.3 Å². The van der Waals surface area contributed by atoms with Crippen LogP contribution >= 0.6 is 0 Å². The molecule has 6 heteroatoms. The number of carbonyl (C=O) groups excluding carboxylic acids is 3. The minimum absolute atomic E-state index is 0.0673. The normalized spacial score (nSPS) is 12.4. The zero-order valence-corrected chi connectivity index (χ0v) is 55.0. The second kappa shape index (κ2) is 70.6. The van der Waals surface area contributed by atoms with Crippen molar-refractivity contribution in [2.75, 3.05) is 13.2 Å². The molecule has 0 spiro atoms. The SMILES string of the molecule is CC/C=C\C/C=C\C/C=C\C/C=C\C/C=C\CCCCCCCCCCCCCCCCCCCC(=O)OCC(COC(=O)CCCCCCCCC)OC(=O)CCCCCCCCCCCCCCCCCCCCCCCCCC. The molecule has 0 amide bonds. The van der Waals surface area contributed by atoms with Crippen molar-refractivity contribution in [1.29, 1.82) is 0 Å². The van der Waals surface area contributed by atoms with Crippen molar-refractivity contribution < 1.29 is 28.6 Å². The van der Waals surface area contributed by atoms with Gasteiger partial charge in [-0.05, 0) is 64.2 Å². The fourth-order valence-electron chi connectivity index (χ4n) is 10.9. The van der Waals surface area contributed by atoms with E-state index in [1.807, 2.05) is 0 Å². The Balaban J connectivity index is 3.99. The van der Waals surface area contributed by atoms with Gasteiger partial charge in [-0.25, -0.2) is 0 Å². The molecule has 0 saturated heterocycles. The van der Waals surface area contributed by atoms with Crippen LogP contribution in [0, 0.1) is 0 Å². The summed E-state index contributed by atoms with van der Waals surface area (Å²) in [6.45, 7) is 6.55. The van der Waals surface area contributed by atoms with Crippen LogP contribution in [0.4, 0.5) is 0 Å². The van der Waals surface area contributed by atoms with E-state index >= 15 is 0 Å². The number of hydrogen-bond donors (Lipinski definition) is 0. The summed E-state index contributed by atoms with van der Waals surface area (Å²) in [5.74, 6) is -0.847. The lowest BCUT2D eigenvalue weighted by atomic mass is 10.0. The molecule has 0 radical (unpaired) electrons. The summed E-state index contributed by atoms with van der Waals surface area (Å²) in [4.78, 5) is 38.2. The van der Waals surface area contributed by atoms with E-state index in [1.165, 1.54) is 257 Å². The molecule has 0 rings (SSSR count). The molecule has 0 bridgehead atoms. The molecule has 1 atom stereocenters. The van der Waals surface area contributed by atoms with Gasteiger partial charge in [-0.2, -0.15) is 0 Å². The summed E-state index contributed by atoms with van der Waals surface area (Å²) in [6, 6.07) is 0. The van der Waals surface area contributed by atoms with Gasteiger partial charge >= 0.3 is 17.9 Å². The topological polar surface area (TPSA) is 78.9 Å². The standard InChI is InChI=1S/C76H138O6/c1-4-7-10-13-16-18-20-22-24-26-28-30-32-34-35-36-37-38-39-40-41-42-44-45-47-49-51-53-55-57-60-63-66-69-75(78)81-72-73(71-80-74(77)68-65-62-59-15-12-9-6-3)82-76(79)70-67-64-61-58-56-54-52-50-48-46-43-33-31-29-27-25-23-21-19-17-14-11-8-5-2/h7,10,16,18,22,24,28,30,34-35,73H,4-6,8-9,11-15,17,19-21,23,25-27,29,31-33,36-72H2,1-3H3/b10-7-,18-16-,24-22-,30-28-,35-34-. The van der Waals surface area contributed by atoms with E-state index in [9.17, 15) is 14.4 Å². The second-order valence-corrected chi connectivity index (χ2v) is 24.5. The zero-order valence-electron chi connectivity index (χ0n) is 55.0. The summed E-state index contributed by atoms with van der Waals surface area (Å²) in [5, 5.41) is 0. The van der Waals surface area contributed by atoms with Crippen molar-refractivity contribution in [2.24, 2.45) is 0 Å². The number of hydrogen-bond acceptors (Lipinski definition) is 6. The molecule has 82 heavy (non-hydrogen) atoms. The predicted molar refractivity (Wildman–Crippen MR) is 358 cm³/mol. The van der Waals surface area contributed by atoms with Gasteiger partial charge < -0.3 is 14.2 Å². The average molecular weight is 1150 g/mol. The molecule has 0 saturated carbocycles. The second-order valence-electron chi connectivity index (χ2n) is 24.5. The molecule has 0 aliphatic rings. The fourth-order valence-corrected chi connectivity index (χ4v) is 10.9. The quantitative estimate of drug-likeness (QED) is 0.0261. The maximum atomic E-state index is 12.9. The Bertz CT molecular complexity index is 1460. The first kappa shape index (κ1) is 79.1. The van der Waals surface area contributed by atoms with Crippen molar-refractivity contribution in [3.8, 4) is 0 Å². The van der Waals surface area contributed by atoms with Crippen molar-refractivity contribution in [1.82, 2.24) is 0 Å². The van der Waals surface area contributed by atoms with Crippen LogP contribution in [0.15, 0.2) is 60.8 Å². The Labute approximate surface area is 510 Å². The van der Waals surface area contributed by atoms with Crippen LogP contribution in [0.1, 0.15) is 387 Å². The van der Waals surface area contributed by atoms with Crippen LogP contribution in [0.25, 0.3) is 0 Å². The highest BCUT2D eigenvalue weighted by atomic mass is 16.6. The highest BCUT2D eigenvalue weighted by molar-refractivity contribution is 5.71. The molecule has 0 N–H and O–H groups in total. The number of ether oxygens (including phenoxy) is 3. The Morgan fingerprint density at radius 2 is 0.476 bits per heavy atom. The lowest BCUT2D eigenvalue weighted by molar-refractivity contribution is -0.167. The van der Waals surface area contributed by atoms with E-state index in [0.717, 1.165) is 89.9 Å². The molecule has 0 aromatic heterocycles. The number of esters is 3. The largest absolute Gasteiger partial charge is 0.462 e. The molecular formula is C76H138O6. The van der Waals surface area contributed by atoms with Crippen LogP contribution < -0.4 is 0 Å². The fraction of sp³-hybridized carbons (Fsp3) is 0.829. The lowest BCUT2D eigenvalue weighted by Crippen LogP contribution is -2.30. The molecule has 0 aliphatic heterocycles. The first-order valence-electron chi connectivity index (χ1n) is 36.3. The van der Waals surface area contributed by atoms with Gasteiger partial charge in [-0.15, -0.1) is 0 Å². The molecule has 478 valence electrons. The molecule has 0 aromatic rings. The summed E-state index contributed by atoms with van der Waals surface area (Å²) in [7, 11) is 0. The summed E-state index contributed by atoms with van der Waals surface area (Å²) >= 11 is 0. The Kier molecular flexibility index (Phi) is 68.1. The van der Waals surface area contributed by atoms with Gasteiger partial charge in [0.15, 0.2) is 6.10 Å². The maximum absolute atomic E-state index is 12.9. The first-order chi connectivity index (χ1) is 40.5. The van der Waals surface area contributed by atoms with E-state index in [-0.39, 0.29) is 31.1 Å². The number of unbranched alkanes of at least 4 members (excludes halogenated alkanes) is 46. The highest BCUT2D eigenvalue weighted by Gasteiger charge is 2.19. The van der Waals surface area contributed by atoms with Gasteiger partial charge in [0.2, 0.25) is 0 Å². The number of allylic oxidation sites excluding steroid dienone is 10. The highest BCUT2D eigenvalue weighted by Crippen LogP contribution is 2.19.